The molecule has 0 heterocycles. The zero-order chi connectivity index (χ0) is 10.6. The first-order valence-corrected chi connectivity index (χ1v) is 5.14. The van der Waals surface area contributed by atoms with Gasteiger partial charge in [-0.05, 0) is 36.5 Å². The van der Waals surface area contributed by atoms with Crippen molar-refractivity contribution in [1.82, 2.24) is 0 Å². The van der Waals surface area contributed by atoms with Crippen LogP contribution in [-0.2, 0) is 0 Å². The fourth-order valence-corrected chi connectivity index (χ4v) is 1.43. The molecule has 0 aromatic heterocycles. The zero-order valence-electron chi connectivity index (χ0n) is 8.90. The molecule has 2 nitrogen and oxygen atoms in total. The highest BCUT2D eigenvalue weighted by Gasteiger charge is 2.07. The van der Waals surface area contributed by atoms with Crippen LogP contribution in [0.25, 0.3) is 0 Å². The van der Waals surface area contributed by atoms with Gasteiger partial charge in [0, 0.05) is 6.04 Å². The van der Waals surface area contributed by atoms with Crippen molar-refractivity contribution in [2.45, 2.75) is 32.7 Å². The van der Waals surface area contributed by atoms with Crippen LogP contribution in [0.3, 0.4) is 0 Å². The molecule has 2 heteroatoms. The highest BCUT2D eigenvalue weighted by Crippen LogP contribution is 2.21. The second kappa shape index (κ2) is 5.01. The SMILES string of the molecule is CC(C)CC[C@@H](N)c1cccc(O)c1. The van der Waals surface area contributed by atoms with Crippen molar-refractivity contribution in [3.8, 4) is 5.75 Å². The van der Waals surface area contributed by atoms with Gasteiger partial charge in [0.15, 0.2) is 0 Å². The normalized spacial score (nSPS) is 13.1. The molecular formula is C12H19NO. The number of hydrogen-bond acceptors (Lipinski definition) is 2. The lowest BCUT2D eigenvalue weighted by atomic mass is 9.98. The topological polar surface area (TPSA) is 46.2 Å². The molecule has 14 heavy (non-hydrogen) atoms. The van der Waals surface area contributed by atoms with Crippen LogP contribution in [0.15, 0.2) is 24.3 Å². The average molecular weight is 193 g/mol. The van der Waals surface area contributed by atoms with Gasteiger partial charge in [-0.15, -0.1) is 0 Å². The van der Waals surface area contributed by atoms with Crippen LogP contribution in [0.5, 0.6) is 5.75 Å². The molecule has 1 rings (SSSR count). The fraction of sp³-hybridized carbons (Fsp3) is 0.500. The number of hydrogen-bond donors (Lipinski definition) is 2. The monoisotopic (exact) mass is 193 g/mol. The molecule has 1 atom stereocenters. The summed E-state index contributed by atoms with van der Waals surface area (Å²) < 4.78 is 0. The predicted octanol–water partition coefficient (Wildman–Crippen LogP) is 2.83. The summed E-state index contributed by atoms with van der Waals surface area (Å²) in [6, 6.07) is 7.25. The van der Waals surface area contributed by atoms with Crippen LogP contribution in [0.2, 0.25) is 0 Å². The van der Waals surface area contributed by atoms with E-state index in [1.54, 1.807) is 12.1 Å². The summed E-state index contributed by atoms with van der Waals surface area (Å²) in [4.78, 5) is 0. The Morgan fingerprint density at radius 3 is 2.57 bits per heavy atom. The summed E-state index contributed by atoms with van der Waals surface area (Å²) in [5.41, 5.74) is 7.02. The largest absolute Gasteiger partial charge is 0.508 e. The molecule has 3 N–H and O–H groups in total. The molecule has 0 saturated carbocycles. The van der Waals surface area contributed by atoms with Crippen LogP contribution in [0.4, 0.5) is 0 Å². The van der Waals surface area contributed by atoms with Gasteiger partial charge < -0.3 is 10.8 Å². The van der Waals surface area contributed by atoms with Gasteiger partial charge in [0.05, 0.1) is 0 Å². The number of rotatable bonds is 4. The number of aromatic hydroxyl groups is 1. The van der Waals surface area contributed by atoms with E-state index in [0.29, 0.717) is 11.7 Å². The molecule has 78 valence electrons. The Morgan fingerprint density at radius 2 is 2.00 bits per heavy atom. The van der Waals surface area contributed by atoms with Crippen molar-refractivity contribution in [1.29, 1.82) is 0 Å². The lowest BCUT2D eigenvalue weighted by Crippen LogP contribution is -2.10. The van der Waals surface area contributed by atoms with Gasteiger partial charge in [0.1, 0.15) is 5.75 Å². The predicted molar refractivity (Wildman–Crippen MR) is 59.1 cm³/mol. The molecule has 0 radical (unpaired) electrons. The minimum absolute atomic E-state index is 0.0458. The van der Waals surface area contributed by atoms with Gasteiger partial charge >= 0.3 is 0 Å². The standard InChI is InChI=1S/C12H19NO/c1-9(2)6-7-12(13)10-4-3-5-11(14)8-10/h3-5,8-9,12,14H,6-7,13H2,1-2H3/t12-/m1/s1. The molecule has 1 aromatic carbocycles. The Hall–Kier alpha value is -1.02. The fourth-order valence-electron chi connectivity index (χ4n) is 1.43. The van der Waals surface area contributed by atoms with Crippen LogP contribution >= 0.6 is 0 Å². The Kier molecular flexibility index (Phi) is 3.96. The molecule has 0 aliphatic carbocycles. The van der Waals surface area contributed by atoms with Crippen LogP contribution < -0.4 is 5.73 Å². The molecule has 0 amide bonds. The average Bonchev–Trinajstić information content (AvgIpc) is 2.14. The molecule has 0 fully saturated rings. The van der Waals surface area contributed by atoms with E-state index in [1.165, 1.54) is 0 Å². The molecule has 0 aliphatic rings. The van der Waals surface area contributed by atoms with Crippen LogP contribution in [-0.4, -0.2) is 5.11 Å². The Balaban J connectivity index is 2.56. The van der Waals surface area contributed by atoms with Crippen LogP contribution in [0.1, 0.15) is 38.3 Å². The third-order valence-corrected chi connectivity index (χ3v) is 2.35. The second-order valence-electron chi connectivity index (χ2n) is 4.17. The van der Waals surface area contributed by atoms with Crippen molar-refractivity contribution in [3.63, 3.8) is 0 Å². The van der Waals surface area contributed by atoms with E-state index in [9.17, 15) is 5.11 Å². The van der Waals surface area contributed by atoms with Crippen molar-refractivity contribution < 1.29 is 5.11 Å². The van der Waals surface area contributed by atoms with Crippen molar-refractivity contribution >= 4 is 0 Å². The van der Waals surface area contributed by atoms with Crippen molar-refractivity contribution in [2.75, 3.05) is 0 Å². The van der Waals surface area contributed by atoms with E-state index in [2.05, 4.69) is 13.8 Å². The summed E-state index contributed by atoms with van der Waals surface area (Å²) in [7, 11) is 0. The third-order valence-electron chi connectivity index (χ3n) is 2.35. The maximum absolute atomic E-state index is 9.28. The van der Waals surface area contributed by atoms with Gasteiger partial charge in [0.25, 0.3) is 0 Å². The molecular weight excluding hydrogens is 174 g/mol. The Morgan fingerprint density at radius 1 is 1.29 bits per heavy atom. The van der Waals surface area contributed by atoms with E-state index in [-0.39, 0.29) is 6.04 Å². The van der Waals surface area contributed by atoms with Crippen molar-refractivity contribution in [3.05, 3.63) is 29.8 Å². The van der Waals surface area contributed by atoms with E-state index in [4.69, 9.17) is 5.73 Å². The number of phenols is 1. The zero-order valence-corrected chi connectivity index (χ0v) is 8.90. The van der Waals surface area contributed by atoms with E-state index in [0.717, 1.165) is 18.4 Å². The van der Waals surface area contributed by atoms with Gasteiger partial charge in [-0.2, -0.15) is 0 Å². The Labute approximate surface area is 85.8 Å². The molecule has 0 spiro atoms. The molecule has 0 aliphatic heterocycles. The van der Waals surface area contributed by atoms with E-state index in [1.807, 2.05) is 12.1 Å². The molecule has 0 bridgehead atoms. The van der Waals surface area contributed by atoms with E-state index >= 15 is 0 Å². The number of nitrogens with two attached hydrogens (primary N) is 1. The number of benzene rings is 1. The second-order valence-corrected chi connectivity index (χ2v) is 4.17. The van der Waals surface area contributed by atoms with Gasteiger partial charge in [-0.25, -0.2) is 0 Å². The first-order valence-electron chi connectivity index (χ1n) is 5.14. The lowest BCUT2D eigenvalue weighted by Gasteiger charge is -2.13. The first kappa shape index (κ1) is 11.1. The minimum Gasteiger partial charge on any atom is -0.508 e. The summed E-state index contributed by atoms with van der Waals surface area (Å²) in [5.74, 6) is 0.973. The number of phenolic OH excluding ortho intramolecular Hbond substituents is 1. The summed E-state index contributed by atoms with van der Waals surface area (Å²) in [5, 5.41) is 9.28. The highest BCUT2D eigenvalue weighted by molar-refractivity contribution is 5.29. The lowest BCUT2D eigenvalue weighted by molar-refractivity contribution is 0.470. The Bertz CT molecular complexity index is 283. The maximum atomic E-state index is 9.28. The summed E-state index contributed by atoms with van der Waals surface area (Å²) in [6.45, 7) is 4.38. The summed E-state index contributed by atoms with van der Waals surface area (Å²) in [6.07, 6.45) is 2.10. The molecule has 0 saturated heterocycles. The molecule has 0 unspecified atom stereocenters. The third kappa shape index (κ3) is 3.38. The van der Waals surface area contributed by atoms with Gasteiger partial charge in [-0.1, -0.05) is 26.0 Å². The quantitative estimate of drug-likeness (QED) is 0.772. The van der Waals surface area contributed by atoms with Crippen molar-refractivity contribution in [2.24, 2.45) is 11.7 Å². The smallest absolute Gasteiger partial charge is 0.115 e. The minimum atomic E-state index is 0.0458. The van der Waals surface area contributed by atoms with Gasteiger partial charge in [0.2, 0.25) is 0 Å². The maximum Gasteiger partial charge on any atom is 0.115 e. The molecule has 1 aromatic rings. The van der Waals surface area contributed by atoms with E-state index < -0.39 is 0 Å². The highest BCUT2D eigenvalue weighted by atomic mass is 16.3. The van der Waals surface area contributed by atoms with Gasteiger partial charge in [-0.3, -0.25) is 0 Å². The first-order chi connectivity index (χ1) is 6.59. The summed E-state index contributed by atoms with van der Waals surface area (Å²) >= 11 is 0. The van der Waals surface area contributed by atoms with Crippen LogP contribution in [0, 0.1) is 5.92 Å².